The lowest BCUT2D eigenvalue weighted by molar-refractivity contribution is 0.415. The van der Waals surface area contributed by atoms with E-state index >= 15 is 0 Å². The molecule has 0 amide bonds. The van der Waals surface area contributed by atoms with Crippen LogP contribution in [0, 0.1) is 0 Å². The molecule has 1 aromatic heterocycles. The molecule has 0 fully saturated rings. The normalized spacial score (nSPS) is 10.8. The summed E-state index contributed by atoms with van der Waals surface area (Å²) in [5.41, 5.74) is 4.24. The van der Waals surface area contributed by atoms with Crippen LogP contribution in [0.2, 0.25) is 0 Å². The molecule has 0 aliphatic rings. The maximum Gasteiger partial charge on any atom is 0.119 e. The lowest BCUT2D eigenvalue weighted by Gasteiger charge is -2.06. The summed E-state index contributed by atoms with van der Waals surface area (Å²) in [7, 11) is 1.69. The fraction of sp³-hybridized carbons (Fsp3) is 0.188. The van der Waals surface area contributed by atoms with Crippen LogP contribution < -0.4 is 10.1 Å². The first-order valence-electron chi connectivity index (χ1n) is 6.49. The lowest BCUT2D eigenvalue weighted by Crippen LogP contribution is -2.12. The van der Waals surface area contributed by atoms with Crippen LogP contribution in [-0.2, 0) is 13.1 Å². The van der Waals surface area contributed by atoms with Gasteiger partial charge in [0.15, 0.2) is 0 Å². The predicted octanol–water partition coefficient (Wildman–Crippen LogP) is 3.59. The van der Waals surface area contributed by atoms with Gasteiger partial charge in [-0.05, 0) is 34.5 Å². The van der Waals surface area contributed by atoms with Gasteiger partial charge in [-0.3, -0.25) is 0 Å². The summed E-state index contributed by atoms with van der Waals surface area (Å²) in [6.07, 6.45) is 0. The van der Waals surface area contributed by atoms with Gasteiger partial charge in [0.25, 0.3) is 0 Å². The third kappa shape index (κ3) is 2.98. The van der Waals surface area contributed by atoms with E-state index < -0.39 is 0 Å². The largest absolute Gasteiger partial charge is 0.497 e. The number of methoxy groups -OCH3 is 1. The van der Waals surface area contributed by atoms with Crippen molar-refractivity contribution in [2.75, 3.05) is 7.11 Å². The van der Waals surface area contributed by atoms with Crippen molar-refractivity contribution >= 4 is 22.1 Å². The minimum atomic E-state index is 0.810. The summed E-state index contributed by atoms with van der Waals surface area (Å²) < 4.78 is 5.24. The average Bonchev–Trinajstić information content (AvgIpc) is 3.00. The van der Waals surface area contributed by atoms with Gasteiger partial charge < -0.3 is 10.1 Å². The van der Waals surface area contributed by atoms with E-state index in [0.717, 1.165) is 24.5 Å². The number of nitrogens with zero attached hydrogens (tertiary/aromatic N) is 1. The average molecular weight is 284 g/mol. The van der Waals surface area contributed by atoms with Gasteiger partial charge >= 0.3 is 0 Å². The van der Waals surface area contributed by atoms with Crippen LogP contribution in [0.5, 0.6) is 5.75 Å². The first-order chi connectivity index (χ1) is 9.85. The highest BCUT2D eigenvalue weighted by Crippen LogP contribution is 2.21. The number of aromatic nitrogens is 1. The standard InChI is InChI=1S/C16H16N2OS/c1-19-16-5-4-13-6-12(2-3-14(13)7-16)8-17-9-15-10-20-11-18-15/h2-7,10-11,17H,8-9H2,1H3. The number of hydrogen-bond acceptors (Lipinski definition) is 4. The van der Waals surface area contributed by atoms with Crippen molar-refractivity contribution in [3.05, 3.63) is 58.5 Å². The van der Waals surface area contributed by atoms with Crippen LogP contribution in [0.4, 0.5) is 0 Å². The van der Waals surface area contributed by atoms with Crippen molar-refractivity contribution in [2.24, 2.45) is 0 Å². The zero-order valence-electron chi connectivity index (χ0n) is 11.3. The maximum absolute atomic E-state index is 5.24. The second-order valence-electron chi connectivity index (χ2n) is 4.63. The zero-order chi connectivity index (χ0) is 13.8. The lowest BCUT2D eigenvalue weighted by atomic mass is 10.1. The van der Waals surface area contributed by atoms with Crippen LogP contribution in [0.3, 0.4) is 0 Å². The highest BCUT2D eigenvalue weighted by atomic mass is 32.1. The molecule has 0 bridgehead atoms. The third-order valence-electron chi connectivity index (χ3n) is 3.23. The van der Waals surface area contributed by atoms with Gasteiger partial charge in [0.1, 0.15) is 5.75 Å². The van der Waals surface area contributed by atoms with Gasteiger partial charge in [-0.2, -0.15) is 0 Å². The van der Waals surface area contributed by atoms with E-state index in [4.69, 9.17) is 4.74 Å². The first kappa shape index (κ1) is 13.1. The number of thiazole rings is 1. The van der Waals surface area contributed by atoms with Gasteiger partial charge in [-0.1, -0.05) is 18.2 Å². The van der Waals surface area contributed by atoms with Crippen LogP contribution in [-0.4, -0.2) is 12.1 Å². The molecule has 0 saturated carbocycles. The van der Waals surface area contributed by atoms with Crippen molar-refractivity contribution in [2.45, 2.75) is 13.1 Å². The van der Waals surface area contributed by atoms with Gasteiger partial charge in [-0.15, -0.1) is 11.3 Å². The molecule has 102 valence electrons. The van der Waals surface area contributed by atoms with Gasteiger partial charge in [0.2, 0.25) is 0 Å². The summed E-state index contributed by atoms with van der Waals surface area (Å²) >= 11 is 1.63. The van der Waals surface area contributed by atoms with E-state index in [2.05, 4.69) is 46.0 Å². The quantitative estimate of drug-likeness (QED) is 0.777. The van der Waals surface area contributed by atoms with Crippen molar-refractivity contribution in [3.63, 3.8) is 0 Å². The van der Waals surface area contributed by atoms with E-state index in [9.17, 15) is 0 Å². The highest BCUT2D eigenvalue weighted by Gasteiger charge is 2.00. The number of nitrogens with one attached hydrogen (secondary N) is 1. The van der Waals surface area contributed by atoms with Crippen molar-refractivity contribution in [1.82, 2.24) is 10.3 Å². The molecule has 3 nitrogen and oxygen atoms in total. The Hall–Kier alpha value is -1.91. The molecular formula is C16H16N2OS. The first-order valence-corrected chi connectivity index (χ1v) is 7.44. The smallest absolute Gasteiger partial charge is 0.119 e. The fourth-order valence-corrected chi connectivity index (χ4v) is 2.73. The molecule has 3 rings (SSSR count). The Morgan fingerprint density at radius 2 is 1.95 bits per heavy atom. The number of rotatable bonds is 5. The number of hydrogen-bond donors (Lipinski definition) is 1. The van der Waals surface area contributed by atoms with E-state index in [1.165, 1.54) is 16.3 Å². The molecule has 1 N–H and O–H groups in total. The minimum absolute atomic E-state index is 0.810. The molecule has 4 heteroatoms. The van der Waals surface area contributed by atoms with Crippen LogP contribution >= 0.6 is 11.3 Å². The maximum atomic E-state index is 5.24. The molecule has 0 unspecified atom stereocenters. The Bertz CT molecular complexity index is 695. The zero-order valence-corrected chi connectivity index (χ0v) is 12.1. The topological polar surface area (TPSA) is 34.1 Å². The Labute approximate surface area is 122 Å². The number of ether oxygens (including phenoxy) is 1. The Kier molecular flexibility index (Phi) is 3.95. The number of benzene rings is 2. The van der Waals surface area contributed by atoms with Gasteiger partial charge in [0, 0.05) is 18.5 Å². The van der Waals surface area contributed by atoms with Crippen molar-refractivity contribution in [1.29, 1.82) is 0 Å². The predicted molar refractivity (Wildman–Crippen MR) is 83.2 cm³/mol. The molecule has 1 heterocycles. The molecule has 3 aromatic rings. The summed E-state index contributed by atoms with van der Waals surface area (Å²) in [6.45, 7) is 1.66. The monoisotopic (exact) mass is 284 g/mol. The Balaban J connectivity index is 1.69. The molecular weight excluding hydrogens is 268 g/mol. The van der Waals surface area contributed by atoms with Crippen molar-refractivity contribution < 1.29 is 4.74 Å². The van der Waals surface area contributed by atoms with E-state index in [1.807, 2.05) is 11.6 Å². The molecule has 20 heavy (non-hydrogen) atoms. The molecule has 0 saturated heterocycles. The second kappa shape index (κ2) is 6.03. The Morgan fingerprint density at radius 1 is 1.10 bits per heavy atom. The van der Waals surface area contributed by atoms with E-state index in [1.54, 1.807) is 18.4 Å². The SMILES string of the molecule is COc1ccc2cc(CNCc3cscn3)ccc2c1. The van der Waals surface area contributed by atoms with E-state index in [0.29, 0.717) is 0 Å². The Morgan fingerprint density at radius 3 is 2.75 bits per heavy atom. The van der Waals surface area contributed by atoms with Gasteiger partial charge in [0.05, 0.1) is 18.3 Å². The highest BCUT2D eigenvalue weighted by molar-refractivity contribution is 7.07. The molecule has 0 radical (unpaired) electrons. The molecule has 0 aliphatic carbocycles. The van der Waals surface area contributed by atoms with Crippen LogP contribution in [0.15, 0.2) is 47.3 Å². The van der Waals surface area contributed by atoms with Crippen LogP contribution in [0.1, 0.15) is 11.3 Å². The number of fused-ring (bicyclic) bond motifs is 1. The molecule has 0 aliphatic heterocycles. The van der Waals surface area contributed by atoms with E-state index in [-0.39, 0.29) is 0 Å². The second-order valence-corrected chi connectivity index (χ2v) is 5.35. The van der Waals surface area contributed by atoms with Gasteiger partial charge in [-0.25, -0.2) is 4.98 Å². The summed E-state index contributed by atoms with van der Waals surface area (Å²) in [5, 5.41) is 7.92. The summed E-state index contributed by atoms with van der Waals surface area (Å²) in [5.74, 6) is 0.895. The van der Waals surface area contributed by atoms with Crippen LogP contribution in [0.25, 0.3) is 10.8 Å². The summed E-state index contributed by atoms with van der Waals surface area (Å²) in [6, 6.07) is 12.6. The molecule has 0 spiro atoms. The minimum Gasteiger partial charge on any atom is -0.497 e. The third-order valence-corrected chi connectivity index (χ3v) is 3.87. The molecule has 0 atom stereocenters. The summed E-state index contributed by atoms with van der Waals surface area (Å²) in [4.78, 5) is 4.26. The van der Waals surface area contributed by atoms with Crippen molar-refractivity contribution in [3.8, 4) is 5.75 Å². The fourth-order valence-electron chi connectivity index (χ4n) is 2.17. The molecule has 2 aromatic carbocycles.